The van der Waals surface area contributed by atoms with Gasteiger partial charge in [-0.25, -0.2) is 0 Å². The van der Waals surface area contributed by atoms with Crippen LogP contribution in [0.25, 0.3) is 0 Å². The Morgan fingerprint density at radius 1 is 1.54 bits per heavy atom. The largest absolute Gasteiger partial charge is 0.396 e. The first-order valence-corrected chi connectivity index (χ1v) is 4.96. The van der Waals surface area contributed by atoms with Crippen molar-refractivity contribution in [3.8, 4) is 0 Å². The molecule has 3 heteroatoms. The maximum Gasteiger partial charge on any atom is 0.0667 e. The van der Waals surface area contributed by atoms with E-state index in [1.54, 1.807) is 7.11 Å². The van der Waals surface area contributed by atoms with E-state index in [0.29, 0.717) is 0 Å². The monoisotopic (exact) mass is 189 g/mol. The number of methoxy groups -OCH3 is 1. The molecule has 0 spiro atoms. The average Bonchev–Trinajstić information content (AvgIpc) is 2.15. The third-order valence-electron chi connectivity index (χ3n) is 2.66. The summed E-state index contributed by atoms with van der Waals surface area (Å²) < 4.78 is 5.14. The first-order valence-electron chi connectivity index (χ1n) is 4.96. The summed E-state index contributed by atoms with van der Waals surface area (Å²) in [5, 5.41) is 12.3. The predicted octanol–water partition coefficient (Wildman–Crippen LogP) is 1.16. The summed E-state index contributed by atoms with van der Waals surface area (Å²) in [6, 6.07) is 0. The summed E-state index contributed by atoms with van der Waals surface area (Å²) in [7, 11) is 1.71. The molecule has 0 aliphatic carbocycles. The molecule has 0 amide bonds. The molecule has 3 nitrogen and oxygen atoms in total. The number of rotatable bonds is 7. The quantitative estimate of drug-likeness (QED) is 0.631. The summed E-state index contributed by atoms with van der Waals surface area (Å²) in [5.74, 6) is 0. The Morgan fingerprint density at radius 2 is 2.15 bits per heavy atom. The van der Waals surface area contributed by atoms with Gasteiger partial charge in [-0.3, -0.25) is 0 Å². The Morgan fingerprint density at radius 3 is 2.54 bits per heavy atom. The summed E-state index contributed by atoms with van der Waals surface area (Å²) >= 11 is 0. The molecule has 0 aromatic rings. The van der Waals surface area contributed by atoms with Crippen LogP contribution in [0.1, 0.15) is 33.6 Å². The molecular formula is C10H23NO2. The maximum atomic E-state index is 8.88. The number of hydrogen-bond acceptors (Lipinski definition) is 3. The number of aliphatic hydroxyl groups is 1. The Labute approximate surface area is 81.5 Å². The molecular weight excluding hydrogens is 166 g/mol. The van der Waals surface area contributed by atoms with E-state index in [-0.39, 0.29) is 18.2 Å². The Hall–Kier alpha value is -0.120. The molecule has 0 aliphatic heterocycles. The third-order valence-corrected chi connectivity index (χ3v) is 2.66. The molecule has 0 saturated heterocycles. The third kappa shape index (κ3) is 5.24. The Balaban J connectivity index is 3.82. The van der Waals surface area contributed by atoms with Gasteiger partial charge in [0.2, 0.25) is 0 Å². The fourth-order valence-electron chi connectivity index (χ4n) is 1.11. The van der Waals surface area contributed by atoms with Crippen LogP contribution in [-0.4, -0.2) is 37.0 Å². The SMILES string of the molecule is CCC(C)(CCO)NCC(C)OC. The van der Waals surface area contributed by atoms with Gasteiger partial charge in [-0.05, 0) is 26.7 Å². The van der Waals surface area contributed by atoms with Crippen molar-refractivity contribution in [2.75, 3.05) is 20.3 Å². The van der Waals surface area contributed by atoms with Gasteiger partial charge in [0.15, 0.2) is 0 Å². The molecule has 0 aliphatic rings. The van der Waals surface area contributed by atoms with Crippen molar-refractivity contribution in [3.05, 3.63) is 0 Å². The van der Waals surface area contributed by atoms with Gasteiger partial charge in [0, 0.05) is 25.8 Å². The molecule has 2 unspecified atom stereocenters. The summed E-state index contributed by atoms with van der Waals surface area (Å²) in [4.78, 5) is 0. The minimum Gasteiger partial charge on any atom is -0.396 e. The van der Waals surface area contributed by atoms with Crippen LogP contribution in [0.4, 0.5) is 0 Å². The maximum absolute atomic E-state index is 8.88. The Kier molecular flexibility index (Phi) is 6.29. The Bertz CT molecular complexity index is 130. The van der Waals surface area contributed by atoms with E-state index in [4.69, 9.17) is 9.84 Å². The molecule has 0 heterocycles. The van der Waals surface area contributed by atoms with Gasteiger partial charge in [0.25, 0.3) is 0 Å². The van der Waals surface area contributed by atoms with Gasteiger partial charge in [0.1, 0.15) is 0 Å². The summed E-state index contributed by atoms with van der Waals surface area (Å²) in [5.41, 5.74) is 0.0432. The first-order chi connectivity index (χ1) is 6.08. The summed E-state index contributed by atoms with van der Waals surface area (Å²) in [6.07, 6.45) is 2.04. The normalized spacial score (nSPS) is 18.2. The van der Waals surface area contributed by atoms with E-state index >= 15 is 0 Å². The van der Waals surface area contributed by atoms with Crippen molar-refractivity contribution in [2.45, 2.75) is 45.3 Å². The van der Waals surface area contributed by atoms with Crippen LogP contribution in [0, 0.1) is 0 Å². The van der Waals surface area contributed by atoms with Crippen molar-refractivity contribution >= 4 is 0 Å². The van der Waals surface area contributed by atoms with E-state index in [9.17, 15) is 0 Å². The van der Waals surface area contributed by atoms with Crippen LogP contribution in [0.3, 0.4) is 0 Å². The fraction of sp³-hybridized carbons (Fsp3) is 1.00. The topological polar surface area (TPSA) is 41.5 Å². The second-order valence-electron chi connectivity index (χ2n) is 3.82. The highest BCUT2D eigenvalue weighted by Crippen LogP contribution is 2.13. The van der Waals surface area contributed by atoms with Crippen molar-refractivity contribution < 1.29 is 9.84 Å². The van der Waals surface area contributed by atoms with Crippen LogP contribution in [0.2, 0.25) is 0 Å². The first kappa shape index (κ1) is 12.9. The van der Waals surface area contributed by atoms with Gasteiger partial charge in [-0.1, -0.05) is 6.92 Å². The van der Waals surface area contributed by atoms with Crippen LogP contribution < -0.4 is 5.32 Å². The van der Waals surface area contributed by atoms with E-state index in [1.165, 1.54) is 0 Å². The molecule has 2 N–H and O–H groups in total. The lowest BCUT2D eigenvalue weighted by molar-refractivity contribution is 0.103. The van der Waals surface area contributed by atoms with Gasteiger partial charge < -0.3 is 15.2 Å². The van der Waals surface area contributed by atoms with E-state index in [2.05, 4.69) is 19.2 Å². The minimum absolute atomic E-state index is 0.0432. The van der Waals surface area contributed by atoms with Gasteiger partial charge >= 0.3 is 0 Å². The average molecular weight is 189 g/mol. The van der Waals surface area contributed by atoms with Crippen LogP contribution in [0.15, 0.2) is 0 Å². The zero-order chi connectivity index (χ0) is 10.3. The molecule has 13 heavy (non-hydrogen) atoms. The number of nitrogens with one attached hydrogen (secondary N) is 1. The van der Waals surface area contributed by atoms with E-state index in [1.807, 2.05) is 6.92 Å². The molecule has 0 bridgehead atoms. The van der Waals surface area contributed by atoms with Crippen molar-refractivity contribution in [1.82, 2.24) is 5.32 Å². The smallest absolute Gasteiger partial charge is 0.0667 e. The van der Waals surface area contributed by atoms with Crippen LogP contribution >= 0.6 is 0 Å². The summed E-state index contributed by atoms with van der Waals surface area (Å²) in [6.45, 7) is 7.35. The zero-order valence-corrected chi connectivity index (χ0v) is 9.26. The lowest BCUT2D eigenvalue weighted by atomic mass is 9.95. The van der Waals surface area contributed by atoms with Crippen molar-refractivity contribution in [1.29, 1.82) is 0 Å². The van der Waals surface area contributed by atoms with Gasteiger partial charge in [0.05, 0.1) is 6.10 Å². The molecule has 0 aromatic heterocycles. The minimum atomic E-state index is 0.0432. The molecule has 0 rings (SSSR count). The lowest BCUT2D eigenvalue weighted by Crippen LogP contribution is -2.45. The molecule has 2 atom stereocenters. The molecule has 0 aromatic carbocycles. The second kappa shape index (κ2) is 6.35. The molecule has 0 saturated carbocycles. The predicted molar refractivity (Wildman–Crippen MR) is 54.9 cm³/mol. The highest BCUT2D eigenvalue weighted by molar-refractivity contribution is 4.81. The highest BCUT2D eigenvalue weighted by atomic mass is 16.5. The number of ether oxygens (including phenoxy) is 1. The fourth-order valence-corrected chi connectivity index (χ4v) is 1.11. The lowest BCUT2D eigenvalue weighted by Gasteiger charge is -2.30. The van der Waals surface area contributed by atoms with Gasteiger partial charge in [-0.15, -0.1) is 0 Å². The van der Waals surface area contributed by atoms with Crippen LogP contribution in [-0.2, 0) is 4.74 Å². The van der Waals surface area contributed by atoms with Crippen molar-refractivity contribution in [2.24, 2.45) is 0 Å². The van der Waals surface area contributed by atoms with Gasteiger partial charge in [-0.2, -0.15) is 0 Å². The molecule has 0 fully saturated rings. The molecule has 80 valence electrons. The van der Waals surface area contributed by atoms with Crippen LogP contribution in [0.5, 0.6) is 0 Å². The van der Waals surface area contributed by atoms with E-state index in [0.717, 1.165) is 19.4 Å². The second-order valence-corrected chi connectivity index (χ2v) is 3.82. The number of hydrogen-bond donors (Lipinski definition) is 2. The number of aliphatic hydroxyl groups excluding tert-OH is 1. The standard InChI is InChI=1S/C10H23NO2/c1-5-10(3,6-7-12)11-8-9(2)13-4/h9,11-12H,5-8H2,1-4H3. The highest BCUT2D eigenvalue weighted by Gasteiger charge is 2.20. The van der Waals surface area contributed by atoms with Crippen molar-refractivity contribution in [3.63, 3.8) is 0 Å². The van der Waals surface area contributed by atoms with E-state index < -0.39 is 0 Å². The zero-order valence-electron chi connectivity index (χ0n) is 9.26. The molecule has 0 radical (unpaired) electrons.